The first-order chi connectivity index (χ1) is 10.1. The van der Waals surface area contributed by atoms with Crippen LogP contribution in [0.1, 0.15) is 25.0 Å². The van der Waals surface area contributed by atoms with E-state index in [9.17, 15) is 0 Å². The molecule has 21 heavy (non-hydrogen) atoms. The average Bonchev–Trinajstić information content (AvgIpc) is 2.46. The topological polar surface area (TPSA) is 57.9 Å². The molecule has 0 fully saturated rings. The van der Waals surface area contributed by atoms with Gasteiger partial charge in [0.05, 0.1) is 17.7 Å². The standard InChI is InChI=1S/C16H16BrN3O/c1-11(2)21-16-13(4-3-7-19-16)10-20-15-6-5-12(9-18)8-14(15)17/h3-8,11,20H,10H2,1-2H3. The molecule has 0 unspecified atom stereocenters. The van der Waals surface area contributed by atoms with Crippen molar-refractivity contribution >= 4 is 21.6 Å². The Kier molecular flexibility index (Phi) is 5.18. The Labute approximate surface area is 132 Å². The van der Waals surface area contributed by atoms with E-state index in [2.05, 4.69) is 32.3 Å². The van der Waals surface area contributed by atoms with Crippen molar-refractivity contribution in [2.75, 3.05) is 5.32 Å². The summed E-state index contributed by atoms with van der Waals surface area (Å²) in [6, 6.07) is 11.4. The second-order valence-corrected chi connectivity index (χ2v) is 5.65. The molecule has 1 heterocycles. The fourth-order valence-electron chi connectivity index (χ4n) is 1.81. The van der Waals surface area contributed by atoms with Crippen LogP contribution in [-0.4, -0.2) is 11.1 Å². The molecule has 1 aromatic heterocycles. The Bertz CT molecular complexity index is 665. The first-order valence-electron chi connectivity index (χ1n) is 6.64. The van der Waals surface area contributed by atoms with E-state index >= 15 is 0 Å². The summed E-state index contributed by atoms with van der Waals surface area (Å²) in [5, 5.41) is 12.2. The van der Waals surface area contributed by atoms with Crippen LogP contribution in [0.4, 0.5) is 5.69 Å². The Morgan fingerprint density at radius 3 is 2.86 bits per heavy atom. The number of nitriles is 1. The highest BCUT2D eigenvalue weighted by molar-refractivity contribution is 9.10. The van der Waals surface area contributed by atoms with Gasteiger partial charge in [0.25, 0.3) is 0 Å². The first kappa shape index (κ1) is 15.3. The van der Waals surface area contributed by atoms with E-state index in [1.54, 1.807) is 18.3 Å². The molecule has 0 aliphatic heterocycles. The highest BCUT2D eigenvalue weighted by atomic mass is 79.9. The minimum Gasteiger partial charge on any atom is -0.475 e. The van der Waals surface area contributed by atoms with Crippen molar-refractivity contribution in [2.45, 2.75) is 26.5 Å². The minimum absolute atomic E-state index is 0.0836. The van der Waals surface area contributed by atoms with Crippen molar-refractivity contribution in [3.63, 3.8) is 0 Å². The van der Waals surface area contributed by atoms with Crippen molar-refractivity contribution in [3.8, 4) is 11.9 Å². The van der Waals surface area contributed by atoms with Crippen LogP contribution < -0.4 is 10.1 Å². The molecule has 2 aromatic rings. The Hall–Kier alpha value is -2.06. The van der Waals surface area contributed by atoms with Crippen LogP contribution in [0.15, 0.2) is 41.0 Å². The van der Waals surface area contributed by atoms with Crippen LogP contribution in [0.25, 0.3) is 0 Å². The number of hydrogen-bond acceptors (Lipinski definition) is 4. The normalized spacial score (nSPS) is 10.2. The number of hydrogen-bond donors (Lipinski definition) is 1. The van der Waals surface area contributed by atoms with E-state index in [-0.39, 0.29) is 6.10 Å². The zero-order valence-electron chi connectivity index (χ0n) is 11.9. The van der Waals surface area contributed by atoms with Gasteiger partial charge in [0, 0.05) is 28.5 Å². The maximum absolute atomic E-state index is 8.87. The van der Waals surface area contributed by atoms with Crippen LogP contribution in [-0.2, 0) is 6.54 Å². The number of aromatic nitrogens is 1. The van der Waals surface area contributed by atoms with Crippen LogP contribution in [0, 0.1) is 11.3 Å². The van der Waals surface area contributed by atoms with Gasteiger partial charge in [-0.15, -0.1) is 0 Å². The summed E-state index contributed by atoms with van der Waals surface area (Å²) < 4.78 is 6.55. The SMILES string of the molecule is CC(C)Oc1ncccc1CNc1ccc(C#N)cc1Br. The van der Waals surface area contributed by atoms with Crippen molar-refractivity contribution < 1.29 is 4.74 Å². The molecule has 1 aromatic carbocycles. The van der Waals surface area contributed by atoms with Crippen molar-refractivity contribution in [1.82, 2.24) is 4.98 Å². The number of pyridine rings is 1. The van der Waals surface area contributed by atoms with Crippen LogP contribution >= 0.6 is 15.9 Å². The molecule has 0 aliphatic rings. The van der Waals surface area contributed by atoms with E-state index in [0.717, 1.165) is 15.7 Å². The maximum atomic E-state index is 8.87. The fourth-order valence-corrected chi connectivity index (χ4v) is 2.33. The summed E-state index contributed by atoms with van der Waals surface area (Å²) in [6.07, 6.45) is 1.80. The summed E-state index contributed by atoms with van der Waals surface area (Å²) in [5.74, 6) is 0.643. The Morgan fingerprint density at radius 1 is 1.38 bits per heavy atom. The zero-order chi connectivity index (χ0) is 15.2. The van der Waals surface area contributed by atoms with E-state index in [1.165, 1.54) is 0 Å². The largest absolute Gasteiger partial charge is 0.475 e. The molecule has 108 valence electrons. The monoisotopic (exact) mass is 345 g/mol. The van der Waals surface area contributed by atoms with Crippen LogP contribution in [0.5, 0.6) is 5.88 Å². The highest BCUT2D eigenvalue weighted by Gasteiger charge is 2.07. The molecule has 0 saturated heterocycles. The van der Waals surface area contributed by atoms with Gasteiger partial charge in [0.1, 0.15) is 0 Å². The second-order valence-electron chi connectivity index (χ2n) is 4.79. The number of rotatable bonds is 5. The lowest BCUT2D eigenvalue weighted by Crippen LogP contribution is -2.10. The number of nitrogens with zero attached hydrogens (tertiary/aromatic N) is 2. The third-order valence-corrected chi connectivity index (χ3v) is 3.42. The summed E-state index contributed by atoms with van der Waals surface area (Å²) >= 11 is 3.46. The minimum atomic E-state index is 0.0836. The quantitative estimate of drug-likeness (QED) is 0.885. The van der Waals surface area contributed by atoms with Gasteiger partial charge in [-0.25, -0.2) is 4.98 Å². The Balaban J connectivity index is 2.12. The van der Waals surface area contributed by atoms with Gasteiger partial charge in [0.2, 0.25) is 5.88 Å². The summed E-state index contributed by atoms with van der Waals surface area (Å²) in [5.41, 5.74) is 2.54. The second kappa shape index (κ2) is 7.09. The van der Waals surface area contributed by atoms with Crippen molar-refractivity contribution in [1.29, 1.82) is 5.26 Å². The molecule has 4 nitrogen and oxygen atoms in total. The van der Waals surface area contributed by atoms with E-state index in [0.29, 0.717) is 18.0 Å². The summed E-state index contributed by atoms with van der Waals surface area (Å²) in [6.45, 7) is 4.55. The fraction of sp³-hybridized carbons (Fsp3) is 0.250. The average molecular weight is 346 g/mol. The molecule has 0 bridgehead atoms. The lowest BCUT2D eigenvalue weighted by atomic mass is 10.2. The number of nitrogens with one attached hydrogen (secondary N) is 1. The van der Waals surface area contributed by atoms with Gasteiger partial charge in [-0.2, -0.15) is 5.26 Å². The number of halogens is 1. The number of ether oxygens (including phenoxy) is 1. The lowest BCUT2D eigenvalue weighted by Gasteiger charge is -2.14. The molecule has 1 N–H and O–H groups in total. The number of anilines is 1. The molecule has 0 spiro atoms. The summed E-state index contributed by atoms with van der Waals surface area (Å²) in [4.78, 5) is 4.26. The van der Waals surface area contributed by atoms with Crippen molar-refractivity contribution in [3.05, 3.63) is 52.1 Å². The zero-order valence-corrected chi connectivity index (χ0v) is 13.5. The van der Waals surface area contributed by atoms with Gasteiger partial charge >= 0.3 is 0 Å². The van der Waals surface area contributed by atoms with Gasteiger partial charge < -0.3 is 10.1 Å². The van der Waals surface area contributed by atoms with Gasteiger partial charge in [0.15, 0.2) is 0 Å². The maximum Gasteiger partial charge on any atom is 0.218 e. The molecule has 0 radical (unpaired) electrons. The van der Waals surface area contributed by atoms with E-state index in [4.69, 9.17) is 10.00 Å². The summed E-state index contributed by atoms with van der Waals surface area (Å²) in [7, 11) is 0. The molecular formula is C16H16BrN3O. The molecule has 0 amide bonds. The third kappa shape index (κ3) is 4.20. The molecule has 0 atom stereocenters. The van der Waals surface area contributed by atoms with Crippen molar-refractivity contribution in [2.24, 2.45) is 0 Å². The smallest absolute Gasteiger partial charge is 0.218 e. The van der Waals surface area contributed by atoms with Gasteiger partial charge in [-0.1, -0.05) is 6.07 Å². The predicted octanol–water partition coefficient (Wildman–Crippen LogP) is 4.12. The molecule has 0 saturated carbocycles. The van der Waals surface area contributed by atoms with Gasteiger partial charge in [-0.05, 0) is 54.0 Å². The molecule has 5 heteroatoms. The molecule has 0 aliphatic carbocycles. The highest BCUT2D eigenvalue weighted by Crippen LogP contribution is 2.25. The first-order valence-corrected chi connectivity index (χ1v) is 7.43. The van der Waals surface area contributed by atoms with E-state index in [1.807, 2.05) is 32.0 Å². The van der Waals surface area contributed by atoms with Gasteiger partial charge in [-0.3, -0.25) is 0 Å². The molecule has 2 rings (SSSR count). The molecular weight excluding hydrogens is 330 g/mol. The Morgan fingerprint density at radius 2 is 2.19 bits per heavy atom. The van der Waals surface area contributed by atoms with E-state index < -0.39 is 0 Å². The van der Waals surface area contributed by atoms with Crippen LogP contribution in [0.3, 0.4) is 0 Å². The number of benzene rings is 1. The predicted molar refractivity (Wildman–Crippen MR) is 86.2 cm³/mol. The van der Waals surface area contributed by atoms with Crippen LogP contribution in [0.2, 0.25) is 0 Å². The lowest BCUT2D eigenvalue weighted by molar-refractivity contribution is 0.230. The third-order valence-electron chi connectivity index (χ3n) is 2.76.